The number of benzene rings is 1. The van der Waals surface area contributed by atoms with Gasteiger partial charge in [-0.2, -0.15) is 0 Å². The molecule has 72 valence electrons. The van der Waals surface area contributed by atoms with Gasteiger partial charge in [-0.1, -0.05) is 18.2 Å². The predicted molar refractivity (Wildman–Crippen MR) is 50.2 cm³/mol. The predicted octanol–water partition coefficient (Wildman–Crippen LogP) is 0.677. The van der Waals surface area contributed by atoms with Crippen molar-refractivity contribution in [2.45, 2.75) is 12.5 Å². The van der Waals surface area contributed by atoms with Crippen molar-refractivity contribution >= 4 is 17.4 Å². The van der Waals surface area contributed by atoms with Gasteiger partial charge >= 0.3 is 5.97 Å². The number of carbonyl (C=O) groups excluding carboxylic acids is 1. The zero-order chi connectivity index (χ0) is 10.1. The smallest absolute Gasteiger partial charge is 0.333 e. The molecule has 4 heteroatoms. The number of hydrogen-bond acceptors (Lipinski definition) is 3. The van der Waals surface area contributed by atoms with Crippen LogP contribution in [0.5, 0.6) is 0 Å². The van der Waals surface area contributed by atoms with Crippen LogP contribution in [0, 0.1) is 0 Å². The van der Waals surface area contributed by atoms with E-state index in [1.807, 2.05) is 12.1 Å². The lowest BCUT2D eigenvalue weighted by molar-refractivity contribution is -0.141. The summed E-state index contributed by atoms with van der Waals surface area (Å²) < 4.78 is 0. The molecule has 1 aliphatic heterocycles. The maximum absolute atomic E-state index is 11.4. The fourth-order valence-electron chi connectivity index (χ4n) is 1.54. The molecule has 0 spiro atoms. The number of aliphatic carboxylic acids is 1. The van der Waals surface area contributed by atoms with E-state index >= 15 is 0 Å². The molecule has 1 unspecified atom stereocenters. The maximum atomic E-state index is 11.4. The van der Waals surface area contributed by atoms with Crippen LogP contribution in [0.2, 0.25) is 0 Å². The van der Waals surface area contributed by atoms with E-state index in [2.05, 4.69) is 5.32 Å². The van der Waals surface area contributed by atoms with Gasteiger partial charge in [0.25, 0.3) is 0 Å². The molecule has 0 radical (unpaired) electrons. The van der Waals surface area contributed by atoms with E-state index in [9.17, 15) is 9.59 Å². The molecule has 0 fully saturated rings. The Morgan fingerprint density at radius 2 is 2.14 bits per heavy atom. The zero-order valence-electron chi connectivity index (χ0n) is 7.36. The summed E-state index contributed by atoms with van der Waals surface area (Å²) >= 11 is 0. The van der Waals surface area contributed by atoms with E-state index < -0.39 is 12.0 Å². The minimum Gasteiger partial charge on any atom is -0.479 e. The Hall–Kier alpha value is -1.84. The van der Waals surface area contributed by atoms with Crippen LogP contribution in [0.3, 0.4) is 0 Å². The average Bonchev–Trinajstić information content (AvgIpc) is 2.16. The maximum Gasteiger partial charge on any atom is 0.333 e. The highest BCUT2D eigenvalue weighted by Gasteiger charge is 2.30. The molecule has 4 nitrogen and oxygen atoms in total. The van der Waals surface area contributed by atoms with Crippen LogP contribution in [0.4, 0.5) is 5.69 Å². The largest absolute Gasteiger partial charge is 0.479 e. The van der Waals surface area contributed by atoms with Gasteiger partial charge < -0.3 is 10.4 Å². The Morgan fingerprint density at radius 1 is 1.43 bits per heavy atom. The van der Waals surface area contributed by atoms with E-state index in [0.717, 1.165) is 11.3 Å². The Morgan fingerprint density at radius 3 is 2.86 bits per heavy atom. The van der Waals surface area contributed by atoms with Gasteiger partial charge in [0, 0.05) is 12.1 Å². The number of nitrogens with one attached hydrogen (secondary N) is 1. The topological polar surface area (TPSA) is 66.4 Å². The fraction of sp³-hybridized carbons (Fsp3) is 0.200. The van der Waals surface area contributed by atoms with Crippen LogP contribution in [-0.2, 0) is 16.0 Å². The highest BCUT2D eigenvalue weighted by molar-refractivity contribution is 6.07. The van der Waals surface area contributed by atoms with Crippen molar-refractivity contribution in [1.82, 2.24) is 0 Å². The molecule has 1 aromatic rings. The first-order valence-electron chi connectivity index (χ1n) is 4.28. The number of fused-ring (bicyclic) bond motifs is 1. The summed E-state index contributed by atoms with van der Waals surface area (Å²) in [4.78, 5) is 22.0. The van der Waals surface area contributed by atoms with E-state index in [1.165, 1.54) is 0 Å². The van der Waals surface area contributed by atoms with Crippen LogP contribution < -0.4 is 5.32 Å². The van der Waals surface area contributed by atoms with Gasteiger partial charge in [0.2, 0.25) is 0 Å². The van der Waals surface area contributed by atoms with E-state index in [0.29, 0.717) is 0 Å². The summed E-state index contributed by atoms with van der Waals surface area (Å²) in [7, 11) is 0. The number of ketones is 1. The van der Waals surface area contributed by atoms with Gasteiger partial charge in [0.05, 0.1) is 0 Å². The van der Waals surface area contributed by atoms with Crippen LogP contribution in [0.1, 0.15) is 5.56 Å². The molecule has 1 heterocycles. The SMILES string of the molecule is O=C(O)C1Nc2ccccc2CC1=O. The van der Waals surface area contributed by atoms with Gasteiger partial charge in [0.15, 0.2) is 11.8 Å². The van der Waals surface area contributed by atoms with Crippen LogP contribution in [0.25, 0.3) is 0 Å². The third kappa shape index (κ3) is 1.35. The highest BCUT2D eigenvalue weighted by Crippen LogP contribution is 2.22. The third-order valence-electron chi connectivity index (χ3n) is 2.25. The molecule has 0 aliphatic carbocycles. The second-order valence-corrected chi connectivity index (χ2v) is 3.22. The number of para-hydroxylation sites is 1. The average molecular weight is 191 g/mol. The molecule has 2 rings (SSSR count). The van der Waals surface area contributed by atoms with Gasteiger partial charge in [0.1, 0.15) is 0 Å². The normalized spacial score (nSPS) is 19.7. The summed E-state index contributed by atoms with van der Waals surface area (Å²) in [5.74, 6) is -1.42. The molecule has 2 N–H and O–H groups in total. The highest BCUT2D eigenvalue weighted by atomic mass is 16.4. The summed E-state index contributed by atoms with van der Waals surface area (Å²) in [6.07, 6.45) is 0.195. The van der Waals surface area contributed by atoms with Crippen molar-refractivity contribution in [2.24, 2.45) is 0 Å². The summed E-state index contributed by atoms with van der Waals surface area (Å²) in [6.45, 7) is 0. The van der Waals surface area contributed by atoms with Crippen molar-refractivity contribution in [3.05, 3.63) is 29.8 Å². The Balaban J connectivity index is 2.36. The number of carbonyl (C=O) groups is 2. The molecule has 14 heavy (non-hydrogen) atoms. The van der Waals surface area contributed by atoms with Gasteiger partial charge in [-0.15, -0.1) is 0 Å². The lowest BCUT2D eigenvalue weighted by Crippen LogP contribution is -2.41. The molecular weight excluding hydrogens is 182 g/mol. The molecule has 1 aliphatic rings. The summed E-state index contributed by atoms with van der Waals surface area (Å²) in [5.41, 5.74) is 1.59. The van der Waals surface area contributed by atoms with Crippen molar-refractivity contribution in [3.8, 4) is 0 Å². The number of rotatable bonds is 1. The lowest BCUT2D eigenvalue weighted by Gasteiger charge is -2.22. The molecular formula is C10H9NO3. The molecule has 0 saturated heterocycles. The molecule has 0 bridgehead atoms. The van der Waals surface area contributed by atoms with Crippen LogP contribution >= 0.6 is 0 Å². The number of anilines is 1. The first-order chi connectivity index (χ1) is 6.68. The Bertz CT molecular complexity index is 400. The molecule has 0 amide bonds. The first-order valence-corrected chi connectivity index (χ1v) is 4.28. The number of Topliss-reactive ketones (excluding diaryl/α,β-unsaturated/α-hetero) is 1. The Kier molecular flexibility index (Phi) is 1.96. The van der Waals surface area contributed by atoms with E-state index in [-0.39, 0.29) is 12.2 Å². The van der Waals surface area contributed by atoms with Gasteiger partial charge in [-0.3, -0.25) is 4.79 Å². The fourth-order valence-corrected chi connectivity index (χ4v) is 1.54. The van der Waals surface area contributed by atoms with Crippen molar-refractivity contribution < 1.29 is 14.7 Å². The summed E-state index contributed by atoms with van der Waals surface area (Å²) in [6, 6.07) is 6.13. The standard InChI is InChI=1S/C10H9NO3/c12-8-5-6-3-1-2-4-7(6)11-9(8)10(13)14/h1-4,9,11H,5H2,(H,13,14). The van der Waals surface area contributed by atoms with Gasteiger partial charge in [-0.05, 0) is 11.6 Å². The quantitative estimate of drug-likeness (QED) is 0.640. The van der Waals surface area contributed by atoms with Crippen LogP contribution in [0.15, 0.2) is 24.3 Å². The monoisotopic (exact) mass is 191 g/mol. The van der Waals surface area contributed by atoms with Gasteiger partial charge in [-0.25, -0.2) is 4.79 Å². The number of carboxylic acids is 1. The second kappa shape index (κ2) is 3.14. The Labute approximate surface area is 80.6 Å². The molecule has 0 aromatic heterocycles. The van der Waals surface area contributed by atoms with Crippen molar-refractivity contribution in [1.29, 1.82) is 0 Å². The van der Waals surface area contributed by atoms with Crippen LogP contribution in [-0.4, -0.2) is 22.9 Å². The third-order valence-corrected chi connectivity index (χ3v) is 2.25. The zero-order valence-corrected chi connectivity index (χ0v) is 7.36. The molecule has 1 aromatic carbocycles. The first kappa shape index (κ1) is 8.74. The second-order valence-electron chi connectivity index (χ2n) is 3.22. The number of hydrogen-bond donors (Lipinski definition) is 2. The molecule has 1 atom stereocenters. The van der Waals surface area contributed by atoms with Crippen molar-refractivity contribution in [3.63, 3.8) is 0 Å². The van der Waals surface area contributed by atoms with E-state index in [1.54, 1.807) is 12.1 Å². The summed E-state index contributed by atoms with van der Waals surface area (Å²) in [5, 5.41) is 11.4. The van der Waals surface area contributed by atoms with E-state index in [4.69, 9.17) is 5.11 Å². The number of carboxylic acid groups (broad SMARTS) is 1. The minimum absolute atomic E-state index is 0.195. The molecule has 0 saturated carbocycles. The van der Waals surface area contributed by atoms with Crippen molar-refractivity contribution in [2.75, 3.05) is 5.32 Å². The minimum atomic E-state index is -1.12. The lowest BCUT2D eigenvalue weighted by atomic mass is 9.97.